The first-order valence-corrected chi connectivity index (χ1v) is 5.70. The van der Waals surface area contributed by atoms with Gasteiger partial charge in [-0.05, 0) is 6.42 Å². The molecule has 0 aliphatic carbocycles. The molecular formula is C9H12N4O2S. The molecule has 7 heteroatoms. The minimum atomic E-state index is 0.417. The van der Waals surface area contributed by atoms with E-state index in [0.717, 1.165) is 12.8 Å². The van der Waals surface area contributed by atoms with Crippen LogP contribution in [-0.2, 0) is 11.2 Å². The molecule has 0 saturated carbocycles. The summed E-state index contributed by atoms with van der Waals surface area (Å²) in [5, 5.41) is 6.14. The number of aromatic nitrogens is 3. The third-order valence-electron chi connectivity index (χ3n) is 1.96. The van der Waals surface area contributed by atoms with Gasteiger partial charge in [0.25, 0.3) is 5.89 Å². The molecule has 16 heavy (non-hydrogen) atoms. The van der Waals surface area contributed by atoms with Crippen molar-refractivity contribution in [2.45, 2.75) is 12.8 Å². The maximum absolute atomic E-state index is 5.52. The molecule has 0 aliphatic rings. The van der Waals surface area contributed by atoms with Crippen molar-refractivity contribution in [3.05, 3.63) is 11.2 Å². The van der Waals surface area contributed by atoms with Gasteiger partial charge in [0, 0.05) is 25.5 Å². The normalized spacial score (nSPS) is 10.8. The highest BCUT2D eigenvalue weighted by atomic mass is 32.1. The van der Waals surface area contributed by atoms with Crippen molar-refractivity contribution in [3.8, 4) is 11.6 Å². The number of anilines is 1. The molecule has 2 aromatic heterocycles. The first-order chi connectivity index (χ1) is 7.79. The molecule has 0 aliphatic heterocycles. The average molecular weight is 240 g/mol. The SMILES string of the molecule is COCCCc1noc(-c2csc(N)n2)n1. The molecule has 2 N–H and O–H groups in total. The lowest BCUT2D eigenvalue weighted by Gasteiger charge is -1.92. The molecule has 2 aromatic rings. The lowest BCUT2D eigenvalue weighted by atomic mass is 10.3. The third kappa shape index (κ3) is 2.56. The fourth-order valence-corrected chi connectivity index (χ4v) is 1.76. The highest BCUT2D eigenvalue weighted by molar-refractivity contribution is 7.13. The van der Waals surface area contributed by atoms with Crippen LogP contribution in [0.1, 0.15) is 12.2 Å². The van der Waals surface area contributed by atoms with Gasteiger partial charge in [0.1, 0.15) is 5.69 Å². The molecule has 0 fully saturated rings. The first kappa shape index (κ1) is 11.0. The molecule has 0 atom stereocenters. The molecule has 0 radical (unpaired) electrons. The second kappa shape index (κ2) is 5.04. The standard InChI is InChI=1S/C9H12N4O2S/c1-14-4-2-3-7-12-8(15-13-7)6-5-16-9(10)11-6/h5H,2-4H2,1H3,(H2,10,11). The lowest BCUT2D eigenvalue weighted by molar-refractivity contribution is 0.194. The summed E-state index contributed by atoms with van der Waals surface area (Å²) >= 11 is 1.35. The predicted molar refractivity (Wildman–Crippen MR) is 60.0 cm³/mol. The molecular weight excluding hydrogens is 228 g/mol. The minimum Gasteiger partial charge on any atom is -0.385 e. The van der Waals surface area contributed by atoms with Gasteiger partial charge in [0.15, 0.2) is 11.0 Å². The van der Waals surface area contributed by atoms with Gasteiger partial charge >= 0.3 is 0 Å². The van der Waals surface area contributed by atoms with E-state index in [4.69, 9.17) is 15.0 Å². The Morgan fingerprint density at radius 2 is 2.38 bits per heavy atom. The lowest BCUT2D eigenvalue weighted by Crippen LogP contribution is -1.94. The average Bonchev–Trinajstić information content (AvgIpc) is 2.87. The molecule has 0 saturated heterocycles. The van der Waals surface area contributed by atoms with Crippen molar-refractivity contribution < 1.29 is 9.26 Å². The zero-order valence-corrected chi connectivity index (χ0v) is 9.66. The van der Waals surface area contributed by atoms with Crippen molar-refractivity contribution in [1.29, 1.82) is 0 Å². The van der Waals surface area contributed by atoms with Gasteiger partial charge in [-0.3, -0.25) is 0 Å². The second-order valence-corrected chi connectivity index (χ2v) is 4.07. The minimum absolute atomic E-state index is 0.417. The number of methoxy groups -OCH3 is 1. The quantitative estimate of drug-likeness (QED) is 0.794. The number of aryl methyl sites for hydroxylation is 1. The van der Waals surface area contributed by atoms with Crippen LogP contribution in [0, 0.1) is 0 Å². The smallest absolute Gasteiger partial charge is 0.277 e. The molecule has 0 unspecified atom stereocenters. The zero-order chi connectivity index (χ0) is 11.4. The number of nitrogens with two attached hydrogens (primary N) is 1. The van der Waals surface area contributed by atoms with Crippen LogP contribution >= 0.6 is 11.3 Å². The zero-order valence-electron chi connectivity index (χ0n) is 8.84. The van der Waals surface area contributed by atoms with E-state index >= 15 is 0 Å². The number of hydrogen-bond acceptors (Lipinski definition) is 7. The Balaban J connectivity index is 2.02. The van der Waals surface area contributed by atoms with Crippen LogP contribution in [-0.4, -0.2) is 28.8 Å². The number of ether oxygens (including phenoxy) is 1. The Hall–Kier alpha value is -1.47. The first-order valence-electron chi connectivity index (χ1n) is 4.82. The molecule has 0 bridgehead atoms. The summed E-state index contributed by atoms with van der Waals surface area (Å²) in [5.74, 6) is 1.08. The van der Waals surface area contributed by atoms with Gasteiger partial charge in [-0.2, -0.15) is 4.98 Å². The second-order valence-electron chi connectivity index (χ2n) is 3.18. The molecule has 2 heterocycles. The Bertz CT molecular complexity index is 454. The van der Waals surface area contributed by atoms with Crippen LogP contribution in [0.3, 0.4) is 0 Å². The van der Waals surface area contributed by atoms with Gasteiger partial charge < -0.3 is 15.0 Å². The highest BCUT2D eigenvalue weighted by Crippen LogP contribution is 2.21. The van der Waals surface area contributed by atoms with Crippen molar-refractivity contribution >= 4 is 16.5 Å². The summed E-state index contributed by atoms with van der Waals surface area (Å²) < 4.78 is 10.0. The summed E-state index contributed by atoms with van der Waals surface area (Å²) in [6, 6.07) is 0. The van der Waals surface area contributed by atoms with Gasteiger partial charge in [-0.25, -0.2) is 4.98 Å². The van der Waals surface area contributed by atoms with Crippen molar-refractivity contribution in [2.24, 2.45) is 0 Å². The third-order valence-corrected chi connectivity index (χ3v) is 2.63. The largest absolute Gasteiger partial charge is 0.385 e. The van der Waals surface area contributed by atoms with Gasteiger partial charge in [-0.15, -0.1) is 11.3 Å². The van der Waals surface area contributed by atoms with Crippen LogP contribution in [0.2, 0.25) is 0 Å². The Labute approximate surface area is 96.4 Å². The van der Waals surface area contributed by atoms with E-state index in [1.165, 1.54) is 11.3 Å². The topological polar surface area (TPSA) is 87.1 Å². The molecule has 2 rings (SSSR count). The van der Waals surface area contributed by atoms with Crippen LogP contribution in [0.4, 0.5) is 5.13 Å². The summed E-state index contributed by atoms with van der Waals surface area (Å²) in [4.78, 5) is 8.29. The fraction of sp³-hybridized carbons (Fsp3) is 0.444. The Morgan fingerprint density at radius 3 is 3.06 bits per heavy atom. The van der Waals surface area contributed by atoms with Crippen LogP contribution in [0.25, 0.3) is 11.6 Å². The van der Waals surface area contributed by atoms with Gasteiger partial charge in [-0.1, -0.05) is 5.16 Å². The van der Waals surface area contributed by atoms with E-state index in [9.17, 15) is 0 Å². The summed E-state index contributed by atoms with van der Waals surface area (Å²) in [5.41, 5.74) is 6.15. The molecule has 0 aromatic carbocycles. The van der Waals surface area contributed by atoms with Crippen LogP contribution in [0.5, 0.6) is 0 Å². The molecule has 86 valence electrons. The van der Waals surface area contributed by atoms with E-state index in [1.54, 1.807) is 12.5 Å². The van der Waals surface area contributed by atoms with Crippen molar-refractivity contribution in [3.63, 3.8) is 0 Å². The van der Waals surface area contributed by atoms with E-state index < -0.39 is 0 Å². The van der Waals surface area contributed by atoms with Crippen LogP contribution < -0.4 is 5.73 Å². The number of hydrogen-bond donors (Lipinski definition) is 1. The fourth-order valence-electron chi connectivity index (χ4n) is 1.22. The Morgan fingerprint density at radius 1 is 1.50 bits per heavy atom. The van der Waals surface area contributed by atoms with E-state index in [0.29, 0.717) is 29.1 Å². The predicted octanol–water partition coefficient (Wildman–Crippen LogP) is 1.35. The number of thiazole rings is 1. The maximum atomic E-state index is 5.52. The number of nitrogen functional groups attached to an aromatic ring is 1. The number of nitrogens with zero attached hydrogens (tertiary/aromatic N) is 3. The van der Waals surface area contributed by atoms with E-state index in [-0.39, 0.29) is 0 Å². The summed E-state index contributed by atoms with van der Waals surface area (Å²) in [6.07, 6.45) is 1.60. The number of rotatable bonds is 5. The maximum Gasteiger partial charge on any atom is 0.277 e. The summed E-state index contributed by atoms with van der Waals surface area (Å²) in [6.45, 7) is 0.688. The molecule has 6 nitrogen and oxygen atoms in total. The van der Waals surface area contributed by atoms with E-state index in [2.05, 4.69) is 15.1 Å². The molecule has 0 spiro atoms. The van der Waals surface area contributed by atoms with Gasteiger partial charge in [0.2, 0.25) is 0 Å². The van der Waals surface area contributed by atoms with Crippen molar-refractivity contribution in [1.82, 2.24) is 15.1 Å². The van der Waals surface area contributed by atoms with Crippen LogP contribution in [0.15, 0.2) is 9.90 Å². The summed E-state index contributed by atoms with van der Waals surface area (Å²) in [7, 11) is 1.67. The van der Waals surface area contributed by atoms with E-state index in [1.807, 2.05) is 0 Å². The monoisotopic (exact) mass is 240 g/mol. The highest BCUT2D eigenvalue weighted by Gasteiger charge is 2.11. The van der Waals surface area contributed by atoms with Crippen molar-refractivity contribution in [2.75, 3.05) is 19.5 Å². The molecule has 0 amide bonds. The van der Waals surface area contributed by atoms with Gasteiger partial charge in [0.05, 0.1) is 0 Å². The Kier molecular flexibility index (Phi) is 3.47.